The molecule has 2 aliphatic carbocycles. The maximum absolute atomic E-state index is 15.0. The number of hydrogen-bond acceptors (Lipinski definition) is 0. The molecular formula is C26H29F3. The van der Waals surface area contributed by atoms with E-state index < -0.39 is 17.5 Å². The Kier molecular flexibility index (Phi) is 5.85. The fraction of sp³-hybridized carbons (Fsp3) is 0.462. The number of aryl methyl sites for hydroxylation is 1. The molecule has 0 aliphatic heterocycles. The van der Waals surface area contributed by atoms with E-state index in [2.05, 4.69) is 19.1 Å². The van der Waals surface area contributed by atoms with E-state index in [4.69, 9.17) is 0 Å². The van der Waals surface area contributed by atoms with Crippen LogP contribution in [0.1, 0.15) is 62.5 Å². The zero-order valence-corrected chi connectivity index (χ0v) is 17.2. The quantitative estimate of drug-likeness (QED) is 0.460. The molecule has 0 aromatic heterocycles. The van der Waals surface area contributed by atoms with Crippen molar-refractivity contribution in [2.75, 3.05) is 0 Å². The summed E-state index contributed by atoms with van der Waals surface area (Å²) in [7, 11) is 0. The summed E-state index contributed by atoms with van der Waals surface area (Å²) < 4.78 is 43.8. The van der Waals surface area contributed by atoms with Crippen LogP contribution in [0.4, 0.5) is 13.2 Å². The van der Waals surface area contributed by atoms with Crippen LogP contribution < -0.4 is 0 Å². The van der Waals surface area contributed by atoms with Gasteiger partial charge in [0.1, 0.15) is 5.82 Å². The Hall–Kier alpha value is -2.03. The van der Waals surface area contributed by atoms with E-state index in [1.54, 1.807) is 31.2 Å². The number of rotatable bonds is 3. The Morgan fingerprint density at radius 1 is 0.862 bits per heavy atom. The minimum atomic E-state index is -0.857. The molecule has 0 spiro atoms. The lowest BCUT2D eigenvalue weighted by molar-refractivity contribution is 0.132. The average Bonchev–Trinajstić information content (AvgIpc) is 2.72. The van der Waals surface area contributed by atoms with E-state index in [1.165, 1.54) is 25.3 Å². The maximum Gasteiger partial charge on any atom is 0.166 e. The van der Waals surface area contributed by atoms with E-state index in [1.807, 2.05) is 0 Å². The lowest BCUT2D eigenvalue weighted by atomic mass is 9.64. The van der Waals surface area contributed by atoms with Gasteiger partial charge in [-0.15, -0.1) is 0 Å². The van der Waals surface area contributed by atoms with Gasteiger partial charge in [0.25, 0.3) is 0 Å². The summed E-state index contributed by atoms with van der Waals surface area (Å²) in [6.07, 6.45) is 11.0. The van der Waals surface area contributed by atoms with Crippen LogP contribution >= 0.6 is 0 Å². The summed E-state index contributed by atoms with van der Waals surface area (Å²) in [5, 5.41) is 0. The van der Waals surface area contributed by atoms with Gasteiger partial charge in [-0.05, 0) is 98.8 Å². The van der Waals surface area contributed by atoms with Gasteiger partial charge in [-0.25, -0.2) is 13.2 Å². The lowest BCUT2D eigenvalue weighted by Gasteiger charge is -2.42. The molecule has 0 N–H and O–H groups in total. The topological polar surface area (TPSA) is 0 Å². The van der Waals surface area contributed by atoms with Gasteiger partial charge in [0.05, 0.1) is 0 Å². The first-order valence-electron chi connectivity index (χ1n) is 10.8. The Morgan fingerprint density at radius 2 is 1.62 bits per heavy atom. The second kappa shape index (κ2) is 8.38. The second-order valence-corrected chi connectivity index (χ2v) is 8.92. The van der Waals surface area contributed by atoms with E-state index in [0.29, 0.717) is 34.4 Å². The first-order valence-corrected chi connectivity index (χ1v) is 10.8. The molecule has 2 aliphatic rings. The number of hydrogen-bond donors (Lipinski definition) is 0. The van der Waals surface area contributed by atoms with E-state index in [0.717, 1.165) is 19.3 Å². The van der Waals surface area contributed by atoms with Gasteiger partial charge in [-0.2, -0.15) is 0 Å². The van der Waals surface area contributed by atoms with Crippen molar-refractivity contribution in [2.45, 2.75) is 58.3 Å². The van der Waals surface area contributed by atoms with Gasteiger partial charge >= 0.3 is 0 Å². The third-order valence-electron chi connectivity index (χ3n) is 7.15. The molecule has 2 fully saturated rings. The fourth-order valence-electron chi connectivity index (χ4n) is 5.52. The molecule has 4 rings (SSSR count). The molecule has 4 atom stereocenters. The highest BCUT2D eigenvalue weighted by Gasteiger charge is 2.36. The summed E-state index contributed by atoms with van der Waals surface area (Å²) in [5.74, 6) is 0.0684. The summed E-state index contributed by atoms with van der Waals surface area (Å²) >= 11 is 0. The third kappa shape index (κ3) is 4.01. The van der Waals surface area contributed by atoms with Crippen molar-refractivity contribution in [2.24, 2.45) is 17.8 Å². The Balaban J connectivity index is 1.54. The average molecular weight is 399 g/mol. The molecule has 2 aromatic rings. The van der Waals surface area contributed by atoms with Crippen LogP contribution in [0.5, 0.6) is 0 Å². The summed E-state index contributed by atoms with van der Waals surface area (Å²) in [4.78, 5) is 0. The molecule has 2 saturated carbocycles. The second-order valence-electron chi connectivity index (χ2n) is 8.92. The van der Waals surface area contributed by atoms with Crippen LogP contribution in [0.15, 0.2) is 42.5 Å². The summed E-state index contributed by atoms with van der Waals surface area (Å²) in [6.45, 7) is 3.73. The number of benzene rings is 2. The molecule has 0 radical (unpaired) electrons. The van der Waals surface area contributed by atoms with Crippen molar-refractivity contribution in [1.82, 2.24) is 0 Å². The third-order valence-corrected chi connectivity index (χ3v) is 7.15. The molecule has 4 unspecified atom stereocenters. The number of allylic oxidation sites excluding steroid dienone is 2. The summed E-state index contributed by atoms with van der Waals surface area (Å²) in [6, 6.07) is 7.86. The van der Waals surface area contributed by atoms with E-state index in [9.17, 15) is 8.78 Å². The van der Waals surface area contributed by atoms with E-state index >= 15 is 4.39 Å². The highest BCUT2D eigenvalue weighted by atomic mass is 19.2. The standard InChI is InChI=1S/C26H29F3/c1-3-4-17-6-8-19-14-20(10-9-18(19)13-17)22-11-12-23(26(29)25(22)28)21-7-5-16(2)24(27)15-21/h3-5,7,11-12,15,17-20H,6,8-10,13-14H2,1-2H3/b4-3+. The number of fused-ring (bicyclic) bond motifs is 1. The zero-order valence-electron chi connectivity index (χ0n) is 17.2. The molecule has 2 aromatic carbocycles. The Bertz CT molecular complexity index is 914. The predicted octanol–water partition coefficient (Wildman–Crippen LogP) is 7.96. The zero-order chi connectivity index (χ0) is 20.5. The molecule has 154 valence electrons. The van der Waals surface area contributed by atoms with Crippen molar-refractivity contribution >= 4 is 0 Å². The minimum absolute atomic E-state index is 0.0767. The van der Waals surface area contributed by atoms with Gasteiger partial charge in [-0.1, -0.05) is 36.4 Å². The van der Waals surface area contributed by atoms with Crippen LogP contribution in [0.3, 0.4) is 0 Å². The van der Waals surface area contributed by atoms with Gasteiger partial charge < -0.3 is 0 Å². The fourth-order valence-corrected chi connectivity index (χ4v) is 5.52. The molecular weight excluding hydrogens is 369 g/mol. The van der Waals surface area contributed by atoms with Crippen molar-refractivity contribution in [3.63, 3.8) is 0 Å². The Labute approximate surface area is 171 Å². The molecule has 0 amide bonds. The SMILES string of the molecule is C/C=C/C1CCC2CC(c3ccc(-c4ccc(C)c(F)c4)c(F)c3F)CCC2C1. The van der Waals surface area contributed by atoms with Gasteiger partial charge in [0, 0.05) is 5.56 Å². The van der Waals surface area contributed by atoms with Crippen LogP contribution in [0.25, 0.3) is 11.1 Å². The van der Waals surface area contributed by atoms with Gasteiger partial charge in [-0.3, -0.25) is 0 Å². The first-order chi connectivity index (χ1) is 14.0. The van der Waals surface area contributed by atoms with Crippen molar-refractivity contribution < 1.29 is 13.2 Å². The molecule has 29 heavy (non-hydrogen) atoms. The molecule has 0 heterocycles. The first kappa shape index (κ1) is 20.3. The predicted molar refractivity (Wildman–Crippen MR) is 112 cm³/mol. The Morgan fingerprint density at radius 3 is 2.38 bits per heavy atom. The van der Waals surface area contributed by atoms with Crippen LogP contribution in [-0.2, 0) is 0 Å². The van der Waals surface area contributed by atoms with Crippen molar-refractivity contribution in [1.29, 1.82) is 0 Å². The lowest BCUT2D eigenvalue weighted by Crippen LogP contribution is -2.30. The normalized spacial score (nSPS) is 27.2. The van der Waals surface area contributed by atoms with Crippen LogP contribution in [0.2, 0.25) is 0 Å². The van der Waals surface area contributed by atoms with Gasteiger partial charge in [0.2, 0.25) is 0 Å². The van der Waals surface area contributed by atoms with Crippen molar-refractivity contribution in [3.8, 4) is 11.1 Å². The van der Waals surface area contributed by atoms with Crippen molar-refractivity contribution in [3.05, 3.63) is 71.1 Å². The van der Waals surface area contributed by atoms with Crippen LogP contribution in [-0.4, -0.2) is 0 Å². The molecule has 0 nitrogen and oxygen atoms in total. The van der Waals surface area contributed by atoms with E-state index in [-0.39, 0.29) is 11.5 Å². The highest BCUT2D eigenvalue weighted by molar-refractivity contribution is 5.65. The highest BCUT2D eigenvalue weighted by Crippen LogP contribution is 2.48. The maximum atomic E-state index is 15.0. The smallest absolute Gasteiger partial charge is 0.166 e. The van der Waals surface area contributed by atoms with Crippen LogP contribution in [0, 0.1) is 42.1 Å². The molecule has 0 bridgehead atoms. The summed E-state index contributed by atoms with van der Waals surface area (Å²) in [5.41, 5.74) is 1.49. The van der Waals surface area contributed by atoms with Gasteiger partial charge in [0.15, 0.2) is 11.6 Å². The largest absolute Gasteiger partial charge is 0.207 e. The number of halogens is 3. The molecule has 0 saturated heterocycles. The monoisotopic (exact) mass is 398 g/mol. The molecule has 3 heteroatoms. The minimum Gasteiger partial charge on any atom is -0.207 e.